The molecule has 1 aliphatic heterocycles. The third kappa shape index (κ3) is 6.96. The highest BCUT2D eigenvalue weighted by molar-refractivity contribution is 7.91. The molecule has 1 unspecified atom stereocenters. The fourth-order valence-electron chi connectivity index (χ4n) is 2.41. The van der Waals surface area contributed by atoms with Crippen molar-refractivity contribution >= 4 is 15.9 Å². The van der Waals surface area contributed by atoms with Gasteiger partial charge in [-0.1, -0.05) is 6.92 Å². The number of amides is 1. The van der Waals surface area contributed by atoms with Gasteiger partial charge in [-0.2, -0.15) is 0 Å². The van der Waals surface area contributed by atoms with Crippen LogP contribution in [-0.2, 0) is 14.6 Å². The summed E-state index contributed by atoms with van der Waals surface area (Å²) in [7, 11) is -2.94. The van der Waals surface area contributed by atoms with Crippen molar-refractivity contribution in [2.24, 2.45) is 0 Å². The second-order valence-corrected chi connectivity index (χ2v) is 9.24. The van der Waals surface area contributed by atoms with Crippen LogP contribution in [0.15, 0.2) is 0 Å². The van der Waals surface area contributed by atoms with Gasteiger partial charge in [-0.25, -0.2) is 13.2 Å². The summed E-state index contributed by atoms with van der Waals surface area (Å²) in [6, 6.07) is 0.0768. The second-order valence-electron chi connectivity index (χ2n) is 6.76. The Balaban J connectivity index is 2.47. The van der Waals surface area contributed by atoms with Crippen molar-refractivity contribution in [1.29, 1.82) is 0 Å². The number of hydrogen-bond donors (Lipinski definition) is 1. The molecular formula is C15H30N2O4S. The van der Waals surface area contributed by atoms with Crippen LogP contribution in [0.4, 0.5) is 4.79 Å². The molecule has 0 aromatic rings. The first-order valence-electron chi connectivity index (χ1n) is 8.05. The van der Waals surface area contributed by atoms with Crippen LogP contribution in [0.2, 0.25) is 0 Å². The number of ether oxygens (including phenoxy) is 1. The van der Waals surface area contributed by atoms with Crippen molar-refractivity contribution in [3.8, 4) is 0 Å². The molecule has 0 aromatic carbocycles. The number of carbonyl (C=O) groups excluding carboxylic acids is 1. The first-order chi connectivity index (χ1) is 10.1. The van der Waals surface area contributed by atoms with E-state index < -0.39 is 15.4 Å². The van der Waals surface area contributed by atoms with E-state index in [2.05, 4.69) is 5.32 Å². The predicted molar refractivity (Wildman–Crippen MR) is 87.8 cm³/mol. The van der Waals surface area contributed by atoms with Gasteiger partial charge in [0.05, 0.1) is 5.75 Å². The van der Waals surface area contributed by atoms with E-state index in [1.54, 1.807) is 11.8 Å². The molecule has 0 aromatic heterocycles. The van der Waals surface area contributed by atoms with Gasteiger partial charge in [-0.15, -0.1) is 0 Å². The number of sulfone groups is 1. The van der Waals surface area contributed by atoms with Crippen LogP contribution in [0.1, 0.15) is 47.0 Å². The third-order valence-corrected chi connectivity index (χ3v) is 5.37. The van der Waals surface area contributed by atoms with Crippen LogP contribution >= 0.6 is 0 Å². The summed E-state index contributed by atoms with van der Waals surface area (Å²) < 4.78 is 28.4. The van der Waals surface area contributed by atoms with Crippen molar-refractivity contribution in [2.75, 3.05) is 31.1 Å². The van der Waals surface area contributed by atoms with Gasteiger partial charge in [-0.3, -0.25) is 0 Å². The Morgan fingerprint density at radius 2 is 2.00 bits per heavy atom. The van der Waals surface area contributed by atoms with Crippen LogP contribution in [0.5, 0.6) is 0 Å². The quantitative estimate of drug-likeness (QED) is 0.750. The Bertz CT molecular complexity index is 457. The number of rotatable bonds is 6. The smallest absolute Gasteiger partial charge is 0.410 e. The number of piperidine rings is 1. The van der Waals surface area contributed by atoms with Crippen molar-refractivity contribution in [1.82, 2.24) is 10.2 Å². The van der Waals surface area contributed by atoms with Gasteiger partial charge in [0.15, 0.2) is 9.84 Å². The van der Waals surface area contributed by atoms with E-state index >= 15 is 0 Å². The summed E-state index contributed by atoms with van der Waals surface area (Å²) in [5, 5.41) is 3.16. The molecule has 0 radical (unpaired) electrons. The summed E-state index contributed by atoms with van der Waals surface area (Å²) >= 11 is 0. The summed E-state index contributed by atoms with van der Waals surface area (Å²) in [6.45, 7) is 8.97. The average molecular weight is 334 g/mol. The normalized spacial score (nSPS) is 20.0. The summed E-state index contributed by atoms with van der Waals surface area (Å²) in [5.41, 5.74) is -0.498. The van der Waals surface area contributed by atoms with Crippen LogP contribution in [0, 0.1) is 0 Å². The molecule has 1 amide bonds. The molecule has 6 nitrogen and oxygen atoms in total. The molecule has 22 heavy (non-hydrogen) atoms. The highest BCUT2D eigenvalue weighted by Crippen LogP contribution is 2.19. The molecule has 1 rings (SSSR count). The molecule has 1 atom stereocenters. The molecule has 0 aliphatic carbocycles. The topological polar surface area (TPSA) is 75.7 Å². The lowest BCUT2D eigenvalue weighted by Crippen LogP contribution is -2.50. The van der Waals surface area contributed by atoms with Crippen LogP contribution in [0.3, 0.4) is 0 Å². The molecule has 0 bridgehead atoms. The van der Waals surface area contributed by atoms with Gasteiger partial charge >= 0.3 is 6.09 Å². The van der Waals surface area contributed by atoms with E-state index in [4.69, 9.17) is 4.74 Å². The third-order valence-electron chi connectivity index (χ3n) is 3.66. The van der Waals surface area contributed by atoms with Gasteiger partial charge in [0.2, 0.25) is 0 Å². The number of nitrogens with zero attached hydrogens (tertiary/aromatic N) is 1. The Morgan fingerprint density at radius 1 is 1.32 bits per heavy atom. The van der Waals surface area contributed by atoms with E-state index in [1.165, 1.54) is 0 Å². The van der Waals surface area contributed by atoms with Crippen molar-refractivity contribution in [2.45, 2.75) is 58.6 Å². The zero-order valence-electron chi connectivity index (χ0n) is 14.2. The van der Waals surface area contributed by atoms with Crippen molar-refractivity contribution in [3.05, 3.63) is 0 Å². The molecule has 1 fully saturated rings. The molecule has 7 heteroatoms. The first-order valence-corrected chi connectivity index (χ1v) is 9.87. The van der Waals surface area contributed by atoms with Crippen molar-refractivity contribution in [3.63, 3.8) is 0 Å². The molecule has 130 valence electrons. The first kappa shape index (κ1) is 19.2. The van der Waals surface area contributed by atoms with Crippen LogP contribution < -0.4 is 5.32 Å². The predicted octanol–water partition coefficient (Wildman–Crippen LogP) is 1.80. The number of carbonyl (C=O) groups is 1. The molecule has 1 heterocycles. The average Bonchev–Trinajstić information content (AvgIpc) is 2.42. The fourth-order valence-corrected chi connectivity index (χ4v) is 3.16. The van der Waals surface area contributed by atoms with Gasteiger partial charge in [0, 0.05) is 31.4 Å². The number of nitrogens with one attached hydrogen (secondary N) is 1. The minimum absolute atomic E-state index is 0.0768. The van der Waals surface area contributed by atoms with Gasteiger partial charge in [-0.05, 0) is 40.0 Å². The fraction of sp³-hybridized carbons (Fsp3) is 0.933. The van der Waals surface area contributed by atoms with Crippen molar-refractivity contribution < 1.29 is 17.9 Å². The minimum atomic E-state index is -2.94. The largest absolute Gasteiger partial charge is 0.444 e. The monoisotopic (exact) mass is 334 g/mol. The molecule has 1 saturated heterocycles. The standard InChI is InChI=1S/C15H30N2O4S/c1-5-22(19,20)11-9-16-12-13-8-6-7-10-17(13)14(18)21-15(2,3)4/h13,16H,5-12H2,1-4H3. The Morgan fingerprint density at radius 3 is 2.59 bits per heavy atom. The van der Waals surface area contributed by atoms with Gasteiger partial charge in [0.25, 0.3) is 0 Å². The van der Waals surface area contributed by atoms with E-state index in [-0.39, 0.29) is 23.6 Å². The van der Waals surface area contributed by atoms with Gasteiger partial charge < -0.3 is 15.0 Å². The lowest BCUT2D eigenvalue weighted by molar-refractivity contribution is 0.0100. The zero-order valence-corrected chi connectivity index (χ0v) is 15.0. The highest BCUT2D eigenvalue weighted by atomic mass is 32.2. The molecule has 0 spiro atoms. The molecule has 1 N–H and O–H groups in total. The van der Waals surface area contributed by atoms with Gasteiger partial charge in [0.1, 0.15) is 5.60 Å². The van der Waals surface area contributed by atoms with E-state index in [0.717, 1.165) is 19.3 Å². The molecule has 0 saturated carbocycles. The van der Waals surface area contributed by atoms with E-state index in [9.17, 15) is 13.2 Å². The lowest BCUT2D eigenvalue weighted by Gasteiger charge is -2.36. The second kappa shape index (κ2) is 8.15. The number of hydrogen-bond acceptors (Lipinski definition) is 5. The molecule has 1 aliphatic rings. The number of likely N-dealkylation sites (tertiary alicyclic amines) is 1. The maximum Gasteiger partial charge on any atom is 0.410 e. The Kier molecular flexibility index (Phi) is 7.12. The summed E-state index contributed by atoms with van der Waals surface area (Å²) in [6.07, 6.45) is 2.71. The lowest BCUT2D eigenvalue weighted by atomic mass is 10.0. The Hall–Kier alpha value is -0.820. The van der Waals surface area contributed by atoms with E-state index in [0.29, 0.717) is 19.6 Å². The maximum absolute atomic E-state index is 12.2. The maximum atomic E-state index is 12.2. The summed E-state index contributed by atoms with van der Waals surface area (Å²) in [5.74, 6) is 0.310. The van der Waals surface area contributed by atoms with E-state index in [1.807, 2.05) is 20.8 Å². The highest BCUT2D eigenvalue weighted by Gasteiger charge is 2.30. The zero-order chi connectivity index (χ0) is 16.8. The Labute approximate surface area is 134 Å². The molecular weight excluding hydrogens is 304 g/mol. The summed E-state index contributed by atoms with van der Waals surface area (Å²) in [4.78, 5) is 14.0. The minimum Gasteiger partial charge on any atom is -0.444 e. The SMILES string of the molecule is CCS(=O)(=O)CCNCC1CCCCN1C(=O)OC(C)(C)C. The van der Waals surface area contributed by atoms with Crippen LogP contribution in [0.25, 0.3) is 0 Å². The van der Waals surface area contributed by atoms with Crippen LogP contribution in [-0.4, -0.2) is 62.2 Å².